The second-order valence-electron chi connectivity index (χ2n) is 3.61. The van der Waals surface area contributed by atoms with Crippen LogP contribution >= 0.6 is 33.9 Å². The molecule has 0 aromatic carbocycles. The summed E-state index contributed by atoms with van der Waals surface area (Å²) in [6.45, 7) is 2.18. The molecule has 1 heterocycles. The van der Waals surface area contributed by atoms with Crippen LogP contribution in [0.15, 0.2) is 11.4 Å². The number of halogens is 1. The summed E-state index contributed by atoms with van der Waals surface area (Å²) in [6, 6.07) is 2.18. The Labute approximate surface area is 96.3 Å². The van der Waals surface area contributed by atoms with E-state index in [0.717, 1.165) is 12.8 Å². The van der Waals surface area contributed by atoms with Gasteiger partial charge in [0, 0.05) is 14.7 Å². The molecule has 0 radical (unpaired) electrons. The maximum absolute atomic E-state index is 9.90. The van der Waals surface area contributed by atoms with E-state index in [1.165, 1.54) is 10.4 Å². The fraction of sp³-hybridized carbons (Fsp3) is 0.600. The largest absolute Gasteiger partial charge is 0.392 e. The molecule has 1 nitrogen and oxygen atoms in total. The number of hydrogen-bond donors (Lipinski definition) is 1. The van der Waals surface area contributed by atoms with E-state index < -0.39 is 0 Å². The van der Waals surface area contributed by atoms with Crippen LogP contribution in [0.5, 0.6) is 0 Å². The summed E-state index contributed by atoms with van der Waals surface area (Å²) >= 11 is 4.25. The van der Waals surface area contributed by atoms with E-state index in [9.17, 15) is 5.11 Å². The number of hydrogen-bond acceptors (Lipinski definition) is 2. The summed E-state index contributed by atoms with van der Waals surface area (Å²) in [5.41, 5.74) is 1.39. The average molecular weight is 308 g/mol. The molecule has 3 atom stereocenters. The van der Waals surface area contributed by atoms with Crippen LogP contribution in [0.2, 0.25) is 0 Å². The quantitative estimate of drug-likeness (QED) is 0.625. The fourth-order valence-electron chi connectivity index (χ4n) is 2.07. The molecular weight excluding hydrogens is 295 g/mol. The Bertz CT molecular complexity index is 295. The van der Waals surface area contributed by atoms with Crippen LogP contribution in [0.1, 0.15) is 29.7 Å². The lowest BCUT2D eigenvalue weighted by atomic mass is 9.83. The van der Waals surface area contributed by atoms with Crippen molar-refractivity contribution in [2.24, 2.45) is 0 Å². The second kappa shape index (κ2) is 3.87. The lowest BCUT2D eigenvalue weighted by Gasteiger charge is -2.30. The van der Waals surface area contributed by atoms with Gasteiger partial charge in [0.15, 0.2) is 0 Å². The minimum atomic E-state index is -0.131. The van der Waals surface area contributed by atoms with Gasteiger partial charge in [-0.15, -0.1) is 11.3 Å². The highest BCUT2D eigenvalue weighted by atomic mass is 127. The lowest BCUT2D eigenvalue weighted by molar-refractivity contribution is 0.128. The molecule has 0 saturated heterocycles. The molecule has 0 fully saturated rings. The van der Waals surface area contributed by atoms with Crippen molar-refractivity contribution in [2.75, 3.05) is 0 Å². The molecule has 13 heavy (non-hydrogen) atoms. The number of thiophene rings is 1. The maximum atomic E-state index is 9.90. The van der Waals surface area contributed by atoms with Crippen molar-refractivity contribution in [3.05, 3.63) is 21.9 Å². The lowest BCUT2D eigenvalue weighted by Crippen LogP contribution is -2.28. The van der Waals surface area contributed by atoms with E-state index in [2.05, 4.69) is 41.0 Å². The minimum absolute atomic E-state index is 0.131. The van der Waals surface area contributed by atoms with Crippen molar-refractivity contribution in [3.63, 3.8) is 0 Å². The second-order valence-corrected chi connectivity index (χ2v) is 6.57. The van der Waals surface area contributed by atoms with Gasteiger partial charge in [-0.3, -0.25) is 0 Å². The zero-order valence-electron chi connectivity index (χ0n) is 7.53. The molecule has 1 aliphatic carbocycles. The molecular formula is C10H13IOS. The Morgan fingerprint density at radius 1 is 1.69 bits per heavy atom. The van der Waals surface area contributed by atoms with Crippen molar-refractivity contribution >= 4 is 33.9 Å². The van der Waals surface area contributed by atoms with Crippen molar-refractivity contribution < 1.29 is 5.11 Å². The Morgan fingerprint density at radius 2 is 2.46 bits per heavy atom. The van der Waals surface area contributed by atoms with Crippen LogP contribution < -0.4 is 0 Å². The fourth-order valence-corrected chi connectivity index (χ4v) is 3.89. The zero-order chi connectivity index (χ0) is 9.42. The molecule has 0 spiro atoms. The Balaban J connectivity index is 2.36. The molecule has 1 unspecified atom stereocenters. The van der Waals surface area contributed by atoms with Crippen LogP contribution in [-0.2, 0) is 6.42 Å². The topological polar surface area (TPSA) is 20.2 Å². The van der Waals surface area contributed by atoms with E-state index in [-0.39, 0.29) is 6.10 Å². The normalized spacial score (nSPS) is 29.8. The SMILES string of the molecule is CC(I)[C@H]1c2ccsc2CC[C@H]1O. The molecule has 0 saturated carbocycles. The van der Waals surface area contributed by atoms with Crippen molar-refractivity contribution in [1.29, 1.82) is 0 Å². The number of fused-ring (bicyclic) bond motifs is 1. The Kier molecular flexibility index (Phi) is 2.95. The van der Waals surface area contributed by atoms with Crippen molar-refractivity contribution in [1.82, 2.24) is 0 Å². The van der Waals surface area contributed by atoms with E-state index in [1.807, 2.05) is 11.3 Å². The van der Waals surface area contributed by atoms with Crippen LogP contribution in [-0.4, -0.2) is 15.1 Å². The average Bonchev–Trinajstić information content (AvgIpc) is 2.50. The first-order valence-electron chi connectivity index (χ1n) is 4.58. The molecule has 0 aliphatic heterocycles. The maximum Gasteiger partial charge on any atom is 0.0622 e. The molecule has 2 rings (SSSR count). The summed E-state index contributed by atoms with van der Waals surface area (Å²) in [5.74, 6) is 0.357. The van der Waals surface area contributed by atoms with Gasteiger partial charge in [0.2, 0.25) is 0 Å². The predicted molar refractivity (Wildman–Crippen MR) is 64.9 cm³/mol. The zero-order valence-corrected chi connectivity index (χ0v) is 10.5. The third-order valence-corrected chi connectivity index (χ3v) is 4.49. The van der Waals surface area contributed by atoms with Crippen molar-refractivity contribution in [2.45, 2.75) is 35.7 Å². The van der Waals surface area contributed by atoms with Crippen LogP contribution in [0.3, 0.4) is 0 Å². The monoisotopic (exact) mass is 308 g/mol. The molecule has 72 valence electrons. The van der Waals surface area contributed by atoms with Gasteiger partial charge in [0.25, 0.3) is 0 Å². The summed E-state index contributed by atoms with van der Waals surface area (Å²) in [7, 11) is 0. The number of aryl methyl sites for hydroxylation is 1. The standard InChI is InChI=1S/C10H13IOS/c1-6(11)10-7-4-5-13-9(7)3-2-8(10)12/h4-6,8,10,12H,2-3H2,1H3/t6?,8-,10+/m1/s1. The molecule has 1 aromatic heterocycles. The highest BCUT2D eigenvalue weighted by Gasteiger charge is 2.31. The van der Waals surface area contributed by atoms with Gasteiger partial charge in [0.05, 0.1) is 6.10 Å². The van der Waals surface area contributed by atoms with Gasteiger partial charge in [0.1, 0.15) is 0 Å². The number of alkyl halides is 1. The van der Waals surface area contributed by atoms with Crippen LogP contribution in [0.4, 0.5) is 0 Å². The first-order chi connectivity index (χ1) is 6.20. The van der Waals surface area contributed by atoms with Gasteiger partial charge in [-0.2, -0.15) is 0 Å². The number of rotatable bonds is 1. The van der Waals surface area contributed by atoms with Gasteiger partial charge < -0.3 is 5.11 Å². The number of aliphatic hydroxyl groups excluding tert-OH is 1. The molecule has 1 aromatic rings. The summed E-state index contributed by atoms with van der Waals surface area (Å²) < 4.78 is 0.515. The Hall–Kier alpha value is 0.390. The van der Waals surface area contributed by atoms with E-state index >= 15 is 0 Å². The molecule has 0 bridgehead atoms. The van der Waals surface area contributed by atoms with E-state index in [1.54, 1.807) is 0 Å². The highest BCUT2D eigenvalue weighted by Crippen LogP contribution is 2.39. The molecule has 0 amide bonds. The van der Waals surface area contributed by atoms with Gasteiger partial charge in [-0.1, -0.05) is 29.5 Å². The predicted octanol–water partition coefficient (Wildman–Crippen LogP) is 2.96. The van der Waals surface area contributed by atoms with Crippen LogP contribution in [0, 0.1) is 0 Å². The summed E-state index contributed by atoms with van der Waals surface area (Å²) in [6.07, 6.45) is 1.87. The molecule has 1 N–H and O–H groups in total. The summed E-state index contributed by atoms with van der Waals surface area (Å²) in [4.78, 5) is 1.49. The minimum Gasteiger partial charge on any atom is -0.392 e. The third-order valence-electron chi connectivity index (χ3n) is 2.72. The Morgan fingerprint density at radius 3 is 3.15 bits per heavy atom. The van der Waals surface area contributed by atoms with Gasteiger partial charge in [-0.25, -0.2) is 0 Å². The van der Waals surface area contributed by atoms with E-state index in [0.29, 0.717) is 9.84 Å². The summed E-state index contributed by atoms with van der Waals surface area (Å²) in [5, 5.41) is 12.1. The first-order valence-corrected chi connectivity index (χ1v) is 6.71. The molecule has 1 aliphatic rings. The van der Waals surface area contributed by atoms with Gasteiger partial charge in [-0.05, 0) is 29.9 Å². The smallest absolute Gasteiger partial charge is 0.0622 e. The highest BCUT2D eigenvalue weighted by molar-refractivity contribution is 14.1. The number of aliphatic hydroxyl groups is 1. The van der Waals surface area contributed by atoms with E-state index in [4.69, 9.17) is 0 Å². The van der Waals surface area contributed by atoms with Crippen LogP contribution in [0.25, 0.3) is 0 Å². The molecule has 3 heteroatoms. The third kappa shape index (κ3) is 1.78. The first kappa shape index (κ1) is 9.93. The van der Waals surface area contributed by atoms with Gasteiger partial charge >= 0.3 is 0 Å². The van der Waals surface area contributed by atoms with Crippen molar-refractivity contribution in [3.8, 4) is 0 Å².